The maximum absolute atomic E-state index is 13.1. The summed E-state index contributed by atoms with van der Waals surface area (Å²) in [6.07, 6.45) is 72.2. The highest BCUT2D eigenvalue weighted by Crippen LogP contribution is 2.45. The third-order valence-corrected chi connectivity index (χ3v) is 19.7. The molecule has 0 saturated carbocycles. The van der Waals surface area contributed by atoms with E-state index in [1.807, 2.05) is 0 Å². The van der Waals surface area contributed by atoms with E-state index < -0.39 is 97.5 Å². The van der Waals surface area contributed by atoms with Crippen LogP contribution in [0.1, 0.15) is 387 Å². The second-order valence-electron chi connectivity index (χ2n) is 27.7. The van der Waals surface area contributed by atoms with Gasteiger partial charge in [-0.25, -0.2) is 9.13 Å². The molecule has 0 amide bonds. The van der Waals surface area contributed by atoms with Gasteiger partial charge in [-0.1, -0.05) is 327 Å². The van der Waals surface area contributed by atoms with Crippen LogP contribution in [0, 0.1) is 0 Å². The molecule has 0 rings (SSSR count). The second-order valence-corrected chi connectivity index (χ2v) is 30.6. The highest BCUT2D eigenvalue weighted by atomic mass is 31.2. The quantitative estimate of drug-likeness (QED) is 0.0169. The summed E-state index contributed by atoms with van der Waals surface area (Å²) in [6.45, 7) is 4.84. The smallest absolute Gasteiger partial charge is 0.462 e. The van der Waals surface area contributed by atoms with Gasteiger partial charge in [-0.2, -0.15) is 0 Å². The summed E-state index contributed by atoms with van der Waals surface area (Å²) in [5.41, 5.74) is 0. The molecule has 0 saturated heterocycles. The number of allylic oxidation sites excluding steroid dienone is 8. The van der Waals surface area contributed by atoms with Crippen LogP contribution >= 0.6 is 15.6 Å². The summed E-state index contributed by atoms with van der Waals surface area (Å²) in [7, 11) is -9.94. The van der Waals surface area contributed by atoms with Crippen LogP contribution in [-0.2, 0) is 65.4 Å². The molecule has 5 unspecified atom stereocenters. The number of aliphatic hydroxyl groups is 1. The molecule has 0 radical (unpaired) electrons. The van der Waals surface area contributed by atoms with Gasteiger partial charge in [0.2, 0.25) is 0 Å². The summed E-state index contributed by atoms with van der Waals surface area (Å²) >= 11 is 0. The number of esters is 4. The molecular weight excluding hydrogens is 1310 g/mol. The van der Waals surface area contributed by atoms with Crippen molar-refractivity contribution in [2.75, 3.05) is 39.6 Å². The third-order valence-electron chi connectivity index (χ3n) is 17.8. The Morgan fingerprint density at radius 3 is 0.810 bits per heavy atom. The normalized spacial score (nSPS) is 14.1. The zero-order valence-electron chi connectivity index (χ0n) is 64.1. The number of phosphoric ester groups is 2. The van der Waals surface area contributed by atoms with Gasteiger partial charge in [0.05, 0.1) is 26.4 Å². The van der Waals surface area contributed by atoms with Crippen molar-refractivity contribution in [2.45, 2.75) is 406 Å². The average Bonchev–Trinajstić information content (AvgIpc) is 1.06. The number of aliphatic hydroxyl groups excluding tert-OH is 1. The van der Waals surface area contributed by atoms with Crippen molar-refractivity contribution in [3.63, 3.8) is 0 Å². The lowest BCUT2D eigenvalue weighted by atomic mass is 10.0. The maximum Gasteiger partial charge on any atom is 0.472 e. The van der Waals surface area contributed by atoms with Crippen molar-refractivity contribution in [1.29, 1.82) is 0 Å². The first-order chi connectivity index (χ1) is 48.7. The van der Waals surface area contributed by atoms with E-state index in [1.54, 1.807) is 0 Å². The van der Waals surface area contributed by atoms with E-state index in [2.05, 4.69) is 76.3 Å². The molecule has 0 fully saturated rings. The Labute approximate surface area is 610 Å². The van der Waals surface area contributed by atoms with Gasteiger partial charge in [-0.05, 0) is 83.5 Å². The van der Waals surface area contributed by atoms with Crippen molar-refractivity contribution in [3.8, 4) is 0 Å². The number of hydrogen-bond acceptors (Lipinski definition) is 15. The van der Waals surface area contributed by atoms with Crippen LogP contribution in [0.4, 0.5) is 0 Å². The Hall–Kier alpha value is -2.98. The number of phosphoric acid groups is 2. The van der Waals surface area contributed by atoms with E-state index >= 15 is 0 Å². The topological polar surface area (TPSA) is 237 Å². The third kappa shape index (κ3) is 73.3. The van der Waals surface area contributed by atoms with E-state index in [-0.39, 0.29) is 25.7 Å². The number of ether oxygens (including phenoxy) is 4. The molecule has 0 aromatic carbocycles. The van der Waals surface area contributed by atoms with Crippen LogP contribution in [0.25, 0.3) is 0 Å². The molecule has 0 aliphatic rings. The first-order valence-electron chi connectivity index (χ1n) is 40.9. The van der Waals surface area contributed by atoms with Gasteiger partial charge in [-0.3, -0.25) is 37.3 Å². The summed E-state index contributed by atoms with van der Waals surface area (Å²) in [4.78, 5) is 73.0. The molecule has 3 N–H and O–H groups in total. The zero-order valence-corrected chi connectivity index (χ0v) is 65.9. The Balaban J connectivity index is 5.31. The minimum atomic E-state index is -4.97. The first-order valence-corrected chi connectivity index (χ1v) is 43.9. The van der Waals surface area contributed by atoms with Gasteiger partial charge in [0, 0.05) is 25.7 Å². The SMILES string of the molecule is CC/C=C\C/C=C\C/C=C\CCCCCCCCCC(=O)OCC(COP(=O)(O)OCC(O)COP(=O)(O)OCC(COC(=O)CCCCCCCCCCCCCCCCC)OC(=O)CCCCCCCCCCCCCCC)OC(=O)CCCCCCC/C=C\CCCCCCCC. The van der Waals surface area contributed by atoms with Crippen molar-refractivity contribution in [2.24, 2.45) is 0 Å². The molecular formula is C81H150O17P2. The lowest BCUT2D eigenvalue weighted by Gasteiger charge is -2.21. The number of hydrogen-bond donors (Lipinski definition) is 3. The average molecular weight is 1460 g/mol. The van der Waals surface area contributed by atoms with Crippen LogP contribution in [0.3, 0.4) is 0 Å². The zero-order chi connectivity index (χ0) is 73.2. The molecule has 0 bridgehead atoms. The summed E-state index contributed by atoms with van der Waals surface area (Å²) < 4.78 is 68.7. The molecule has 5 atom stereocenters. The van der Waals surface area contributed by atoms with Crippen molar-refractivity contribution in [1.82, 2.24) is 0 Å². The van der Waals surface area contributed by atoms with Gasteiger partial charge >= 0.3 is 39.5 Å². The molecule has 0 aromatic heterocycles. The van der Waals surface area contributed by atoms with Crippen LogP contribution < -0.4 is 0 Å². The van der Waals surface area contributed by atoms with Crippen LogP contribution in [-0.4, -0.2) is 96.7 Å². The lowest BCUT2D eigenvalue weighted by Crippen LogP contribution is -2.30. The van der Waals surface area contributed by atoms with Crippen LogP contribution in [0.5, 0.6) is 0 Å². The van der Waals surface area contributed by atoms with Crippen LogP contribution in [0.2, 0.25) is 0 Å². The predicted molar refractivity (Wildman–Crippen MR) is 409 cm³/mol. The molecule has 0 heterocycles. The predicted octanol–water partition coefficient (Wildman–Crippen LogP) is 23.7. The summed E-state index contributed by atoms with van der Waals surface area (Å²) in [5, 5.41) is 10.6. The van der Waals surface area contributed by atoms with Gasteiger partial charge in [0.25, 0.3) is 0 Å². The lowest BCUT2D eigenvalue weighted by molar-refractivity contribution is -0.161. The highest BCUT2D eigenvalue weighted by molar-refractivity contribution is 7.47. The number of carbonyl (C=O) groups is 4. The maximum atomic E-state index is 13.1. The number of rotatable bonds is 78. The number of carbonyl (C=O) groups excluding carboxylic acids is 4. The van der Waals surface area contributed by atoms with E-state index in [0.29, 0.717) is 25.7 Å². The van der Waals surface area contributed by atoms with Gasteiger partial charge in [-0.15, -0.1) is 0 Å². The highest BCUT2D eigenvalue weighted by Gasteiger charge is 2.30. The minimum absolute atomic E-state index is 0.0879. The second kappa shape index (κ2) is 74.3. The van der Waals surface area contributed by atoms with Crippen LogP contribution in [0.15, 0.2) is 48.6 Å². The Bertz CT molecular complexity index is 2080. The Kier molecular flexibility index (Phi) is 72.1. The van der Waals surface area contributed by atoms with Crippen molar-refractivity contribution in [3.05, 3.63) is 48.6 Å². The standard InChI is InChI=1S/C81H150O17P2/c1-5-9-13-17-21-25-29-33-36-37-40-43-46-50-54-58-62-66-79(84)92-72-77(98-81(86)68-64-60-56-52-48-44-39-35-31-27-23-19-15-11-7-3)74-96-100(89,90)94-70-75(82)69-93-99(87,88)95-73-76(97-80(85)67-63-59-55-51-47-41-32-28-24-20-16-12-8-4)71-91-78(83)65-61-57-53-49-45-42-38-34-30-26-22-18-14-10-6-2/h9,13,21,25,33,35-36,39,75-77,82H,5-8,10-12,14-20,22-24,26-32,34,37-38,40-74H2,1-4H3,(H,87,88)(H,89,90)/b13-9-,25-21-,36-33-,39-35-. The molecule has 0 aromatic rings. The molecule has 100 heavy (non-hydrogen) atoms. The molecule has 0 aliphatic heterocycles. The Morgan fingerprint density at radius 1 is 0.290 bits per heavy atom. The van der Waals surface area contributed by atoms with E-state index in [1.165, 1.54) is 161 Å². The van der Waals surface area contributed by atoms with E-state index in [4.69, 9.17) is 37.0 Å². The molecule has 19 heteroatoms. The largest absolute Gasteiger partial charge is 0.472 e. The number of unbranched alkanes of at least 4 members (excludes halogenated alkanes) is 44. The molecule has 17 nitrogen and oxygen atoms in total. The summed E-state index contributed by atoms with van der Waals surface area (Å²) in [5.74, 6) is -2.15. The van der Waals surface area contributed by atoms with E-state index in [0.717, 1.165) is 148 Å². The Morgan fingerprint density at radius 2 is 0.520 bits per heavy atom. The minimum Gasteiger partial charge on any atom is -0.462 e. The van der Waals surface area contributed by atoms with Gasteiger partial charge in [0.15, 0.2) is 12.2 Å². The van der Waals surface area contributed by atoms with Gasteiger partial charge in [0.1, 0.15) is 19.3 Å². The fourth-order valence-corrected chi connectivity index (χ4v) is 13.2. The monoisotopic (exact) mass is 1460 g/mol. The summed E-state index contributed by atoms with van der Waals surface area (Å²) in [6, 6.07) is 0. The van der Waals surface area contributed by atoms with Crippen molar-refractivity contribution >= 4 is 39.5 Å². The van der Waals surface area contributed by atoms with Crippen molar-refractivity contribution < 1.29 is 80.2 Å². The van der Waals surface area contributed by atoms with Gasteiger partial charge < -0.3 is 33.8 Å². The fraction of sp³-hybridized carbons (Fsp3) is 0.852. The molecule has 0 aliphatic carbocycles. The molecule has 0 spiro atoms. The molecule has 586 valence electrons. The first kappa shape index (κ1) is 97.0. The van der Waals surface area contributed by atoms with E-state index in [9.17, 15) is 43.2 Å². The fourth-order valence-electron chi connectivity index (χ4n) is 11.6.